The minimum Gasteiger partial charge on any atom is -0.424 e. The third-order valence-corrected chi connectivity index (χ3v) is 4.75. The highest BCUT2D eigenvalue weighted by molar-refractivity contribution is 5.00. The fraction of sp³-hybridized carbons (Fsp3) is 0.688. The number of aromatic nitrogens is 4. The second-order valence-corrected chi connectivity index (χ2v) is 6.49. The summed E-state index contributed by atoms with van der Waals surface area (Å²) >= 11 is 0. The lowest BCUT2D eigenvalue weighted by Crippen LogP contribution is -2.39. The molecule has 0 spiro atoms. The van der Waals surface area contributed by atoms with E-state index in [1.165, 1.54) is 32.1 Å². The fourth-order valence-corrected chi connectivity index (χ4v) is 3.31. The molecule has 0 bridgehead atoms. The van der Waals surface area contributed by atoms with Crippen LogP contribution in [0.25, 0.3) is 0 Å². The Morgan fingerprint density at radius 2 is 2.14 bits per heavy atom. The summed E-state index contributed by atoms with van der Waals surface area (Å²) in [4.78, 5) is 2.51. The van der Waals surface area contributed by atoms with Crippen molar-refractivity contribution in [3.63, 3.8) is 0 Å². The van der Waals surface area contributed by atoms with E-state index in [9.17, 15) is 0 Å². The van der Waals surface area contributed by atoms with Gasteiger partial charge in [-0.05, 0) is 44.7 Å². The van der Waals surface area contributed by atoms with E-state index in [0.717, 1.165) is 37.8 Å². The molecule has 6 heteroatoms. The fourth-order valence-electron chi connectivity index (χ4n) is 3.31. The van der Waals surface area contributed by atoms with Crippen LogP contribution in [-0.2, 0) is 13.1 Å². The maximum Gasteiger partial charge on any atom is 0.230 e. The third-order valence-electron chi connectivity index (χ3n) is 4.75. The van der Waals surface area contributed by atoms with Crippen LogP contribution >= 0.6 is 0 Å². The minimum atomic E-state index is 0.540. The van der Waals surface area contributed by atoms with Gasteiger partial charge in [-0.25, -0.2) is 0 Å². The Balaban J connectivity index is 1.36. The van der Waals surface area contributed by atoms with Crippen LogP contribution in [0, 0.1) is 0 Å². The quantitative estimate of drug-likeness (QED) is 0.820. The summed E-state index contributed by atoms with van der Waals surface area (Å²) in [5.41, 5.74) is 0. The third kappa shape index (κ3) is 3.21. The highest BCUT2D eigenvalue weighted by atomic mass is 16.4. The van der Waals surface area contributed by atoms with Crippen molar-refractivity contribution in [1.29, 1.82) is 0 Å². The smallest absolute Gasteiger partial charge is 0.230 e. The summed E-state index contributed by atoms with van der Waals surface area (Å²) in [5.74, 6) is 2.17. The highest BCUT2D eigenvalue weighted by Crippen LogP contribution is 2.39. The Hall–Kier alpha value is -1.69. The summed E-state index contributed by atoms with van der Waals surface area (Å²) in [5, 5.41) is 12.7. The van der Waals surface area contributed by atoms with Gasteiger partial charge in [0.25, 0.3) is 0 Å². The maximum absolute atomic E-state index is 5.83. The van der Waals surface area contributed by atoms with Gasteiger partial charge in [-0.1, -0.05) is 6.42 Å². The van der Waals surface area contributed by atoms with Crippen LogP contribution in [0.15, 0.2) is 22.9 Å². The Morgan fingerprint density at radius 3 is 2.95 bits per heavy atom. The van der Waals surface area contributed by atoms with Gasteiger partial charge >= 0.3 is 0 Å². The van der Waals surface area contributed by atoms with Gasteiger partial charge in [0.2, 0.25) is 11.8 Å². The summed E-state index contributed by atoms with van der Waals surface area (Å²) < 4.78 is 7.85. The van der Waals surface area contributed by atoms with Gasteiger partial charge in [-0.2, -0.15) is 5.10 Å². The molecule has 1 saturated heterocycles. The lowest BCUT2D eigenvalue weighted by molar-refractivity contribution is 0.115. The normalized spacial score (nSPS) is 23.0. The molecule has 0 N–H and O–H groups in total. The first kappa shape index (κ1) is 13.9. The summed E-state index contributed by atoms with van der Waals surface area (Å²) in [6, 6.07) is 2.57. The average molecular weight is 301 g/mol. The van der Waals surface area contributed by atoms with E-state index in [2.05, 4.69) is 20.2 Å². The lowest BCUT2D eigenvalue weighted by atomic mass is 9.99. The zero-order valence-corrected chi connectivity index (χ0v) is 12.9. The van der Waals surface area contributed by atoms with E-state index in [0.29, 0.717) is 12.0 Å². The molecule has 118 valence electrons. The highest BCUT2D eigenvalue weighted by Gasteiger charge is 2.30. The van der Waals surface area contributed by atoms with Gasteiger partial charge in [0, 0.05) is 30.9 Å². The van der Waals surface area contributed by atoms with Crippen LogP contribution in [-0.4, -0.2) is 37.5 Å². The molecule has 1 saturated carbocycles. The summed E-state index contributed by atoms with van der Waals surface area (Å²) in [6.07, 6.45) is 11.3. The second kappa shape index (κ2) is 6.20. The molecular formula is C16H23N5O. The molecule has 4 rings (SSSR count). The molecule has 2 aliphatic rings. The average Bonchev–Trinajstić information content (AvgIpc) is 3.07. The number of hydrogen-bond donors (Lipinski definition) is 0. The zero-order valence-electron chi connectivity index (χ0n) is 12.9. The van der Waals surface area contributed by atoms with Gasteiger partial charge in [0.1, 0.15) is 0 Å². The number of nitrogens with zero attached hydrogens (tertiary/aromatic N) is 5. The zero-order chi connectivity index (χ0) is 14.8. The van der Waals surface area contributed by atoms with Crippen LogP contribution in [0.4, 0.5) is 0 Å². The van der Waals surface area contributed by atoms with E-state index in [1.807, 2.05) is 23.1 Å². The number of aryl methyl sites for hydroxylation is 1. The number of likely N-dealkylation sites (tertiary alicyclic amines) is 1. The summed E-state index contributed by atoms with van der Waals surface area (Å²) in [7, 11) is 0. The Morgan fingerprint density at radius 1 is 1.18 bits per heavy atom. The van der Waals surface area contributed by atoms with Gasteiger partial charge < -0.3 is 4.42 Å². The molecule has 22 heavy (non-hydrogen) atoms. The monoisotopic (exact) mass is 301 g/mol. The molecule has 1 unspecified atom stereocenters. The van der Waals surface area contributed by atoms with Crippen molar-refractivity contribution in [3.05, 3.63) is 30.2 Å². The van der Waals surface area contributed by atoms with Crippen molar-refractivity contribution in [2.75, 3.05) is 6.54 Å². The van der Waals surface area contributed by atoms with E-state index in [-0.39, 0.29) is 0 Å². The topological polar surface area (TPSA) is 60.0 Å². The molecular weight excluding hydrogens is 278 g/mol. The van der Waals surface area contributed by atoms with E-state index >= 15 is 0 Å². The standard InChI is InChI=1S/C16H23N5O/c1-2-9-20(12-15-18-19-16(22-15)13-5-6-13)14(4-1)7-11-21-10-3-8-17-21/h3,8,10,13-14H,1-2,4-7,9,11-12H2. The molecule has 0 radical (unpaired) electrons. The lowest BCUT2D eigenvalue weighted by Gasteiger charge is -2.34. The molecule has 3 heterocycles. The predicted octanol–water partition coefficient (Wildman–Crippen LogP) is 2.59. The van der Waals surface area contributed by atoms with Crippen LogP contribution in [0.1, 0.15) is 56.2 Å². The molecule has 1 aliphatic heterocycles. The van der Waals surface area contributed by atoms with Gasteiger partial charge in [-0.3, -0.25) is 9.58 Å². The molecule has 1 aliphatic carbocycles. The number of rotatable bonds is 6. The van der Waals surface area contributed by atoms with Crippen LogP contribution in [0.5, 0.6) is 0 Å². The van der Waals surface area contributed by atoms with E-state index < -0.39 is 0 Å². The van der Waals surface area contributed by atoms with E-state index in [1.54, 1.807) is 0 Å². The molecule has 2 aromatic heterocycles. The van der Waals surface area contributed by atoms with Crippen molar-refractivity contribution in [2.45, 2.75) is 63.6 Å². The summed E-state index contributed by atoms with van der Waals surface area (Å²) in [6.45, 7) is 2.90. The van der Waals surface area contributed by atoms with Crippen molar-refractivity contribution >= 4 is 0 Å². The number of piperidine rings is 1. The maximum atomic E-state index is 5.83. The first-order chi connectivity index (χ1) is 10.9. The van der Waals surface area contributed by atoms with E-state index in [4.69, 9.17) is 4.42 Å². The minimum absolute atomic E-state index is 0.540. The number of hydrogen-bond acceptors (Lipinski definition) is 5. The molecule has 2 aromatic rings. The molecule has 6 nitrogen and oxygen atoms in total. The Labute approximate surface area is 130 Å². The van der Waals surface area contributed by atoms with Crippen LogP contribution in [0.2, 0.25) is 0 Å². The van der Waals surface area contributed by atoms with Crippen molar-refractivity contribution in [2.24, 2.45) is 0 Å². The van der Waals surface area contributed by atoms with Gasteiger partial charge in [-0.15, -0.1) is 10.2 Å². The Kier molecular flexibility index (Phi) is 3.93. The second-order valence-electron chi connectivity index (χ2n) is 6.49. The first-order valence-corrected chi connectivity index (χ1v) is 8.42. The van der Waals surface area contributed by atoms with Gasteiger partial charge in [0.05, 0.1) is 6.54 Å². The molecule has 1 atom stereocenters. The van der Waals surface area contributed by atoms with Crippen molar-refractivity contribution in [1.82, 2.24) is 24.9 Å². The Bertz CT molecular complexity index is 589. The molecule has 0 amide bonds. The predicted molar refractivity (Wildman–Crippen MR) is 81.2 cm³/mol. The van der Waals surface area contributed by atoms with Crippen LogP contribution in [0.3, 0.4) is 0 Å². The van der Waals surface area contributed by atoms with Crippen molar-refractivity contribution < 1.29 is 4.42 Å². The first-order valence-electron chi connectivity index (χ1n) is 8.42. The van der Waals surface area contributed by atoms with Crippen molar-refractivity contribution in [3.8, 4) is 0 Å². The van der Waals surface area contributed by atoms with Gasteiger partial charge in [0.15, 0.2) is 0 Å². The SMILES string of the molecule is c1cnn(CCC2CCCCN2Cc2nnc(C3CC3)o2)c1. The largest absolute Gasteiger partial charge is 0.424 e. The molecule has 2 fully saturated rings. The molecule has 0 aromatic carbocycles. The van der Waals surface area contributed by atoms with Crippen LogP contribution < -0.4 is 0 Å².